The van der Waals surface area contributed by atoms with E-state index < -0.39 is 5.92 Å². The number of aromatic amines is 1. The monoisotopic (exact) mass is 517 g/mol. The lowest BCUT2D eigenvalue weighted by Crippen LogP contribution is -2.37. The predicted molar refractivity (Wildman–Crippen MR) is 146 cm³/mol. The number of Topliss-reactive ketones (excluding diaryl/α,β-unsaturated/α-hetero) is 1. The fourth-order valence-corrected chi connectivity index (χ4v) is 6.06. The van der Waals surface area contributed by atoms with Gasteiger partial charge < -0.3 is 19.8 Å². The number of H-pyrrole nitrogens is 1. The maximum atomic E-state index is 13.6. The summed E-state index contributed by atoms with van der Waals surface area (Å²) in [7, 11) is 3.14. The van der Waals surface area contributed by atoms with E-state index >= 15 is 0 Å². The van der Waals surface area contributed by atoms with Crippen LogP contribution in [0.15, 0.2) is 63.7 Å². The number of hydrogen-bond acceptors (Lipinski definition) is 7. The number of ether oxygens (including phenoxy) is 2. The van der Waals surface area contributed by atoms with Crippen LogP contribution in [-0.2, 0) is 10.5 Å². The molecule has 0 bridgehead atoms. The van der Waals surface area contributed by atoms with Crippen LogP contribution in [0.25, 0.3) is 0 Å². The number of ketones is 1. The number of fused-ring (bicyclic) bond motifs is 1. The molecule has 1 aliphatic carbocycles. The molecule has 1 unspecified atom stereocenters. The highest BCUT2D eigenvalue weighted by Gasteiger charge is 2.43. The number of benzene rings is 2. The second-order valence-electron chi connectivity index (χ2n) is 10.4. The van der Waals surface area contributed by atoms with E-state index in [2.05, 4.69) is 55.3 Å². The van der Waals surface area contributed by atoms with Crippen molar-refractivity contribution in [2.24, 2.45) is 5.41 Å². The minimum Gasteiger partial charge on any atom is -0.493 e. The predicted octanol–water partition coefficient (Wildman–Crippen LogP) is 5.59. The summed E-state index contributed by atoms with van der Waals surface area (Å²) in [6, 6.07) is 13.8. The number of nitrogens with zero attached hydrogens (tertiary/aromatic N) is 1. The number of methoxy groups -OCH3 is 2. The van der Waals surface area contributed by atoms with Gasteiger partial charge in [-0.25, -0.2) is 4.98 Å². The van der Waals surface area contributed by atoms with E-state index in [0.29, 0.717) is 57.8 Å². The molecule has 0 saturated heterocycles. The summed E-state index contributed by atoms with van der Waals surface area (Å²) in [6.07, 6.45) is 1.08. The Kier molecular flexibility index (Phi) is 6.62. The molecule has 192 valence electrons. The first kappa shape index (κ1) is 25.1. The van der Waals surface area contributed by atoms with Gasteiger partial charge in [0.05, 0.1) is 25.7 Å². The molecule has 3 aromatic rings. The van der Waals surface area contributed by atoms with Gasteiger partial charge in [-0.05, 0) is 30.4 Å². The number of hydrogen-bond donors (Lipinski definition) is 2. The lowest BCUT2D eigenvalue weighted by molar-refractivity contribution is -0.118. The molecule has 1 aromatic heterocycles. The van der Waals surface area contributed by atoms with Crippen LogP contribution in [0.1, 0.15) is 54.9 Å². The van der Waals surface area contributed by atoms with Gasteiger partial charge in [-0.3, -0.25) is 9.59 Å². The van der Waals surface area contributed by atoms with Crippen molar-refractivity contribution in [3.8, 4) is 11.5 Å². The summed E-state index contributed by atoms with van der Waals surface area (Å²) in [6.45, 7) is 6.22. The van der Waals surface area contributed by atoms with E-state index in [0.717, 1.165) is 11.3 Å². The molecule has 2 N–H and O–H groups in total. The molecule has 0 radical (unpaired) electrons. The van der Waals surface area contributed by atoms with Crippen molar-refractivity contribution >= 4 is 23.4 Å². The standard InChI is InChI=1S/C29H31N3O4S/c1-16-9-11-17(12-10-16)15-37-28-31-26-24(27(34)32-28)22(18-7-6-8-21(35-4)25(18)36-5)23-19(30-26)13-29(2,3)14-20(23)33/h6-12,22H,13-15H2,1-5H3,(H2,30,31,32,34). The molecule has 8 heteroatoms. The van der Waals surface area contributed by atoms with Crippen LogP contribution < -0.4 is 20.3 Å². The quantitative estimate of drug-likeness (QED) is 0.325. The summed E-state index contributed by atoms with van der Waals surface area (Å²) < 4.78 is 11.3. The lowest BCUT2D eigenvalue weighted by atomic mass is 9.69. The zero-order valence-corrected chi connectivity index (χ0v) is 22.5. The minimum absolute atomic E-state index is 0.0245. The summed E-state index contributed by atoms with van der Waals surface area (Å²) in [4.78, 5) is 35.0. The number of carbonyl (C=O) groups excluding carboxylic acids is 1. The lowest BCUT2D eigenvalue weighted by Gasteiger charge is -2.38. The van der Waals surface area contributed by atoms with Gasteiger partial charge in [0, 0.05) is 29.0 Å². The summed E-state index contributed by atoms with van der Waals surface area (Å²) in [5.41, 5.74) is 4.41. The zero-order valence-electron chi connectivity index (χ0n) is 21.7. The van der Waals surface area contributed by atoms with Crippen molar-refractivity contribution < 1.29 is 14.3 Å². The number of allylic oxidation sites excluding steroid dienone is 2. The molecule has 1 aliphatic heterocycles. The Bertz CT molecular complexity index is 1460. The number of aryl methyl sites for hydroxylation is 1. The smallest absolute Gasteiger partial charge is 0.257 e. The molecule has 1 atom stereocenters. The number of rotatable bonds is 6. The van der Waals surface area contributed by atoms with Gasteiger partial charge in [0.2, 0.25) is 0 Å². The second kappa shape index (κ2) is 9.74. The van der Waals surface area contributed by atoms with Gasteiger partial charge >= 0.3 is 0 Å². The average Bonchev–Trinajstić information content (AvgIpc) is 2.85. The number of aromatic nitrogens is 2. The van der Waals surface area contributed by atoms with Crippen molar-refractivity contribution in [1.29, 1.82) is 0 Å². The van der Waals surface area contributed by atoms with Crippen molar-refractivity contribution in [3.63, 3.8) is 0 Å². The third-order valence-corrected chi connectivity index (χ3v) is 7.89. The van der Waals surface area contributed by atoms with Crippen molar-refractivity contribution in [3.05, 3.63) is 86.3 Å². The Morgan fingerprint density at radius 3 is 2.51 bits per heavy atom. The first-order valence-corrected chi connectivity index (χ1v) is 13.3. The highest BCUT2D eigenvalue weighted by atomic mass is 32.2. The van der Waals surface area contributed by atoms with Crippen LogP contribution in [-0.4, -0.2) is 30.0 Å². The number of anilines is 1. The highest BCUT2D eigenvalue weighted by Crippen LogP contribution is 2.50. The third kappa shape index (κ3) is 4.78. The van der Waals surface area contributed by atoms with Crippen LogP contribution in [0.5, 0.6) is 11.5 Å². The molecule has 7 nitrogen and oxygen atoms in total. The Morgan fingerprint density at radius 1 is 1.05 bits per heavy atom. The van der Waals surface area contributed by atoms with Crippen LogP contribution in [0.3, 0.4) is 0 Å². The van der Waals surface area contributed by atoms with E-state index in [1.165, 1.54) is 17.3 Å². The van der Waals surface area contributed by atoms with E-state index in [1.54, 1.807) is 20.3 Å². The number of para-hydroxylation sites is 1. The fraction of sp³-hybridized carbons (Fsp3) is 0.345. The molecule has 0 spiro atoms. The first-order chi connectivity index (χ1) is 17.7. The number of nitrogens with one attached hydrogen (secondary N) is 2. The zero-order chi connectivity index (χ0) is 26.3. The largest absolute Gasteiger partial charge is 0.493 e. The maximum absolute atomic E-state index is 13.6. The molecule has 2 aromatic carbocycles. The third-order valence-electron chi connectivity index (χ3n) is 6.94. The van der Waals surface area contributed by atoms with Gasteiger partial charge in [-0.1, -0.05) is 67.6 Å². The average molecular weight is 518 g/mol. The van der Waals surface area contributed by atoms with Crippen LogP contribution >= 0.6 is 11.8 Å². The van der Waals surface area contributed by atoms with E-state index in [4.69, 9.17) is 14.5 Å². The SMILES string of the molecule is COc1cccc(C2C3=C(CC(C)(C)CC3=O)Nc3nc(SCc4ccc(C)cc4)[nH]c(=O)c32)c1OC. The molecular formula is C29H31N3O4S. The molecule has 0 fully saturated rings. The van der Waals surface area contributed by atoms with Crippen molar-refractivity contribution in [2.45, 2.75) is 50.4 Å². The molecule has 0 amide bonds. The fourth-order valence-electron chi connectivity index (χ4n) is 5.25. The molecule has 0 saturated carbocycles. The van der Waals surface area contributed by atoms with Gasteiger partial charge in [0.15, 0.2) is 22.4 Å². The topological polar surface area (TPSA) is 93.3 Å². The number of carbonyl (C=O) groups is 1. The van der Waals surface area contributed by atoms with E-state index in [9.17, 15) is 9.59 Å². The molecule has 37 heavy (non-hydrogen) atoms. The van der Waals surface area contributed by atoms with Crippen molar-refractivity contribution in [2.75, 3.05) is 19.5 Å². The molecule has 2 heterocycles. The molecular weight excluding hydrogens is 486 g/mol. The minimum atomic E-state index is -0.618. The summed E-state index contributed by atoms with van der Waals surface area (Å²) in [5.74, 6) is 1.61. The Morgan fingerprint density at radius 2 is 1.81 bits per heavy atom. The summed E-state index contributed by atoms with van der Waals surface area (Å²) >= 11 is 1.47. The maximum Gasteiger partial charge on any atom is 0.257 e. The van der Waals surface area contributed by atoms with Gasteiger partial charge in [-0.15, -0.1) is 0 Å². The molecule has 5 rings (SSSR count). The van der Waals surface area contributed by atoms with Gasteiger partial charge in [0.25, 0.3) is 5.56 Å². The highest BCUT2D eigenvalue weighted by molar-refractivity contribution is 7.98. The van der Waals surface area contributed by atoms with Crippen LogP contribution in [0, 0.1) is 12.3 Å². The summed E-state index contributed by atoms with van der Waals surface area (Å²) in [5, 5.41) is 3.91. The van der Waals surface area contributed by atoms with Crippen LogP contribution in [0.2, 0.25) is 0 Å². The van der Waals surface area contributed by atoms with E-state index in [1.807, 2.05) is 12.1 Å². The van der Waals surface area contributed by atoms with Gasteiger partial charge in [-0.2, -0.15) is 0 Å². The Labute approximate surface area is 220 Å². The number of thioether (sulfide) groups is 1. The second-order valence-corrected chi connectivity index (χ2v) is 11.3. The van der Waals surface area contributed by atoms with Crippen molar-refractivity contribution in [1.82, 2.24) is 9.97 Å². The van der Waals surface area contributed by atoms with Crippen LogP contribution in [0.4, 0.5) is 5.82 Å². The Balaban J connectivity index is 1.63. The normalized spacial score (nSPS) is 18.1. The first-order valence-electron chi connectivity index (χ1n) is 12.3. The van der Waals surface area contributed by atoms with Gasteiger partial charge in [0.1, 0.15) is 5.82 Å². The van der Waals surface area contributed by atoms with E-state index in [-0.39, 0.29) is 16.8 Å². The Hall–Kier alpha value is -3.52. The molecule has 2 aliphatic rings.